The second-order valence-electron chi connectivity index (χ2n) is 7.19. The van der Waals surface area contributed by atoms with E-state index in [1.165, 1.54) is 18.4 Å². The summed E-state index contributed by atoms with van der Waals surface area (Å²) < 4.78 is 1.90. The largest absolute Gasteiger partial charge is 0.357 e. The fourth-order valence-electron chi connectivity index (χ4n) is 3.37. The molecule has 1 aromatic carbocycles. The molecule has 2 N–H and O–H groups in total. The van der Waals surface area contributed by atoms with Gasteiger partial charge < -0.3 is 10.6 Å². The van der Waals surface area contributed by atoms with E-state index in [0.717, 1.165) is 30.4 Å². The van der Waals surface area contributed by atoms with Gasteiger partial charge in [0.2, 0.25) is 0 Å². The molecule has 0 aliphatic heterocycles. The van der Waals surface area contributed by atoms with Crippen molar-refractivity contribution in [1.29, 1.82) is 0 Å². The Morgan fingerprint density at radius 1 is 1.14 bits per heavy atom. The van der Waals surface area contributed by atoms with Crippen LogP contribution in [0, 0.1) is 0 Å². The zero-order valence-electron chi connectivity index (χ0n) is 16.6. The van der Waals surface area contributed by atoms with Gasteiger partial charge in [-0.15, -0.1) is 24.0 Å². The van der Waals surface area contributed by atoms with Crippen LogP contribution >= 0.6 is 24.0 Å². The molecule has 0 saturated heterocycles. The van der Waals surface area contributed by atoms with E-state index < -0.39 is 0 Å². The first-order chi connectivity index (χ1) is 13.8. The Hall–Kier alpha value is -2.42. The van der Waals surface area contributed by atoms with Crippen molar-refractivity contribution in [3.63, 3.8) is 0 Å². The van der Waals surface area contributed by atoms with Crippen LogP contribution in [0.25, 0.3) is 5.82 Å². The molecule has 1 fully saturated rings. The highest BCUT2D eigenvalue weighted by molar-refractivity contribution is 14.0. The summed E-state index contributed by atoms with van der Waals surface area (Å²) in [6.45, 7) is 4.42. The number of hydrogen-bond donors (Lipinski definition) is 2. The highest BCUT2D eigenvalue weighted by Gasteiger charge is 2.43. The van der Waals surface area contributed by atoms with Crippen molar-refractivity contribution in [2.75, 3.05) is 13.1 Å². The minimum absolute atomic E-state index is 0. The lowest BCUT2D eigenvalue weighted by Crippen LogP contribution is -2.41. The SMILES string of the molecule is CCNC(=NCc1ccnc(-n2ccnc2)c1)NCC1(c2ccccc2)CC1.I. The first-order valence-corrected chi connectivity index (χ1v) is 9.80. The van der Waals surface area contributed by atoms with E-state index >= 15 is 0 Å². The zero-order valence-corrected chi connectivity index (χ0v) is 18.9. The maximum Gasteiger partial charge on any atom is 0.191 e. The maximum atomic E-state index is 4.77. The number of nitrogens with one attached hydrogen (secondary N) is 2. The summed E-state index contributed by atoms with van der Waals surface area (Å²) in [5, 5.41) is 6.90. The molecule has 0 atom stereocenters. The average molecular weight is 502 g/mol. The van der Waals surface area contributed by atoms with Crippen LogP contribution in [0.2, 0.25) is 0 Å². The molecule has 0 bridgehead atoms. The van der Waals surface area contributed by atoms with Crippen LogP contribution in [-0.2, 0) is 12.0 Å². The number of benzene rings is 1. The third-order valence-electron chi connectivity index (χ3n) is 5.18. The molecule has 0 radical (unpaired) electrons. The zero-order chi connectivity index (χ0) is 19.2. The van der Waals surface area contributed by atoms with Gasteiger partial charge in [-0.25, -0.2) is 15.0 Å². The van der Waals surface area contributed by atoms with E-state index in [-0.39, 0.29) is 29.4 Å². The topological polar surface area (TPSA) is 67.1 Å². The molecule has 152 valence electrons. The van der Waals surface area contributed by atoms with E-state index in [1.807, 2.05) is 29.1 Å². The lowest BCUT2D eigenvalue weighted by atomic mass is 9.96. The summed E-state index contributed by atoms with van der Waals surface area (Å²) in [5.41, 5.74) is 2.78. The number of pyridine rings is 1. The molecule has 1 aliphatic rings. The molecule has 0 amide bonds. The number of halogens is 1. The summed E-state index contributed by atoms with van der Waals surface area (Å²) >= 11 is 0. The molecule has 29 heavy (non-hydrogen) atoms. The second-order valence-corrected chi connectivity index (χ2v) is 7.19. The predicted octanol–water partition coefficient (Wildman–Crippen LogP) is 3.67. The maximum absolute atomic E-state index is 4.77. The summed E-state index contributed by atoms with van der Waals surface area (Å²) in [7, 11) is 0. The number of hydrogen-bond acceptors (Lipinski definition) is 3. The van der Waals surface area contributed by atoms with Gasteiger partial charge in [0.15, 0.2) is 5.96 Å². The van der Waals surface area contributed by atoms with Crippen LogP contribution in [0.15, 0.2) is 72.4 Å². The van der Waals surface area contributed by atoms with E-state index in [0.29, 0.717) is 6.54 Å². The van der Waals surface area contributed by atoms with Crippen molar-refractivity contribution in [3.05, 3.63) is 78.5 Å². The minimum Gasteiger partial charge on any atom is -0.357 e. The highest BCUT2D eigenvalue weighted by Crippen LogP contribution is 2.47. The van der Waals surface area contributed by atoms with E-state index in [1.54, 1.807) is 12.5 Å². The monoisotopic (exact) mass is 502 g/mol. The fraction of sp³-hybridized carbons (Fsp3) is 0.318. The molecule has 7 heteroatoms. The molecule has 1 saturated carbocycles. The van der Waals surface area contributed by atoms with E-state index in [4.69, 9.17) is 4.99 Å². The Balaban J connectivity index is 0.00000240. The van der Waals surface area contributed by atoms with Crippen LogP contribution < -0.4 is 10.6 Å². The summed E-state index contributed by atoms with van der Waals surface area (Å²) in [5.74, 6) is 1.70. The Morgan fingerprint density at radius 3 is 2.66 bits per heavy atom. The van der Waals surface area contributed by atoms with Gasteiger partial charge in [0.05, 0.1) is 6.54 Å². The Labute approximate surface area is 188 Å². The number of guanidine groups is 1. The third-order valence-corrected chi connectivity index (χ3v) is 5.18. The normalized spacial score (nSPS) is 14.7. The quantitative estimate of drug-likeness (QED) is 0.294. The van der Waals surface area contributed by atoms with Crippen molar-refractivity contribution in [2.45, 2.75) is 31.7 Å². The Morgan fingerprint density at radius 2 is 1.97 bits per heavy atom. The molecular formula is C22H27IN6. The number of rotatable bonds is 7. The van der Waals surface area contributed by atoms with Crippen LogP contribution in [-0.4, -0.2) is 33.6 Å². The first-order valence-electron chi connectivity index (χ1n) is 9.80. The van der Waals surface area contributed by atoms with Gasteiger partial charge in [-0.1, -0.05) is 30.3 Å². The Bertz CT molecular complexity index is 919. The van der Waals surface area contributed by atoms with Crippen molar-refractivity contribution < 1.29 is 0 Å². The first kappa shape index (κ1) is 21.3. The fourth-order valence-corrected chi connectivity index (χ4v) is 3.37. The number of imidazole rings is 1. The van der Waals surface area contributed by atoms with Gasteiger partial charge in [0, 0.05) is 37.1 Å². The average Bonchev–Trinajstić information content (AvgIpc) is 3.33. The number of nitrogens with zero attached hydrogens (tertiary/aromatic N) is 4. The van der Waals surface area contributed by atoms with E-state index in [2.05, 4.69) is 57.9 Å². The molecule has 1 aliphatic carbocycles. The summed E-state index contributed by atoms with van der Waals surface area (Å²) in [6, 6.07) is 14.8. The molecule has 0 spiro atoms. The smallest absolute Gasteiger partial charge is 0.191 e. The molecule has 4 rings (SSSR count). The molecule has 2 heterocycles. The molecule has 6 nitrogen and oxygen atoms in total. The minimum atomic E-state index is 0. The van der Waals surface area contributed by atoms with Crippen molar-refractivity contribution in [1.82, 2.24) is 25.2 Å². The van der Waals surface area contributed by atoms with Gasteiger partial charge >= 0.3 is 0 Å². The van der Waals surface area contributed by atoms with E-state index in [9.17, 15) is 0 Å². The van der Waals surface area contributed by atoms with Crippen molar-refractivity contribution in [3.8, 4) is 5.82 Å². The summed E-state index contributed by atoms with van der Waals surface area (Å²) in [6.07, 6.45) is 9.65. The molecule has 0 unspecified atom stereocenters. The van der Waals surface area contributed by atoms with Crippen LogP contribution in [0.3, 0.4) is 0 Å². The second kappa shape index (κ2) is 9.87. The lowest BCUT2D eigenvalue weighted by Gasteiger charge is -2.19. The summed E-state index contributed by atoms with van der Waals surface area (Å²) in [4.78, 5) is 13.3. The Kier molecular flexibility index (Phi) is 7.24. The number of aromatic nitrogens is 3. The van der Waals surface area contributed by atoms with Crippen LogP contribution in [0.4, 0.5) is 0 Å². The van der Waals surface area contributed by atoms with Crippen LogP contribution in [0.1, 0.15) is 30.9 Å². The lowest BCUT2D eigenvalue weighted by molar-refractivity contribution is 0.646. The third kappa shape index (κ3) is 5.35. The van der Waals surface area contributed by atoms with Gasteiger partial charge in [0.25, 0.3) is 0 Å². The van der Waals surface area contributed by atoms with Gasteiger partial charge in [0.1, 0.15) is 12.1 Å². The highest BCUT2D eigenvalue weighted by atomic mass is 127. The number of aliphatic imine (C=N–C) groups is 1. The molecule has 2 aromatic heterocycles. The predicted molar refractivity (Wildman–Crippen MR) is 127 cm³/mol. The van der Waals surface area contributed by atoms with Gasteiger partial charge in [-0.05, 0) is 43.0 Å². The van der Waals surface area contributed by atoms with Crippen molar-refractivity contribution >= 4 is 29.9 Å². The van der Waals surface area contributed by atoms with Crippen LogP contribution in [0.5, 0.6) is 0 Å². The standard InChI is InChI=1S/C22H26N6.HI/c1-2-24-21(27-16-22(9-10-22)19-6-4-3-5-7-19)26-15-18-8-11-25-20(14-18)28-13-12-23-17-28;/h3-8,11-14,17H,2,9-10,15-16H2,1H3,(H2,24,26,27);1H. The van der Waals surface area contributed by atoms with Crippen molar-refractivity contribution in [2.24, 2.45) is 4.99 Å². The van der Waals surface area contributed by atoms with Gasteiger partial charge in [-0.3, -0.25) is 4.57 Å². The molecule has 3 aromatic rings. The van der Waals surface area contributed by atoms with Gasteiger partial charge in [-0.2, -0.15) is 0 Å². The molecular weight excluding hydrogens is 475 g/mol.